The molecule has 3 N–H and O–H groups in total. The number of aliphatic hydroxyl groups is 1. The molecule has 53 heavy (non-hydrogen) atoms. The Kier molecular flexibility index (Phi) is 16.1. The summed E-state index contributed by atoms with van der Waals surface area (Å²) >= 11 is 0. The minimum Gasteiger partial charge on any atom is -0.497 e. The molecule has 0 radical (unpaired) electrons. The molecule has 2 fully saturated rings. The fourth-order valence-electron chi connectivity index (χ4n) is 6.86. The number of carbonyl (C=O) groups is 6. The highest BCUT2D eigenvalue weighted by atomic mass is 16.6. The number of fused-ring (bicyclic) bond motifs is 1. The molecule has 2 aliphatic heterocycles. The van der Waals surface area contributed by atoms with Crippen LogP contribution in [0.5, 0.6) is 5.75 Å². The number of aliphatic hydroxyl groups excluding tert-OH is 1. The van der Waals surface area contributed by atoms with Crippen LogP contribution in [0.3, 0.4) is 0 Å². The van der Waals surface area contributed by atoms with Crippen LogP contribution >= 0.6 is 0 Å². The number of hydrogen-bond donors (Lipinski definition) is 3. The molecule has 0 unspecified atom stereocenters. The molecule has 8 atom stereocenters. The second-order valence-corrected chi connectivity index (χ2v) is 15.3. The number of hydrogen-bond acceptors (Lipinski definition) is 10. The molecule has 1 aromatic rings. The Bertz CT molecular complexity index is 1430. The van der Waals surface area contributed by atoms with Gasteiger partial charge in [0.15, 0.2) is 6.10 Å². The van der Waals surface area contributed by atoms with Crippen molar-refractivity contribution < 1.29 is 48.1 Å². The van der Waals surface area contributed by atoms with E-state index in [0.717, 1.165) is 5.56 Å². The van der Waals surface area contributed by atoms with Gasteiger partial charge in [0.1, 0.15) is 30.0 Å². The van der Waals surface area contributed by atoms with Crippen molar-refractivity contribution in [3.05, 3.63) is 29.8 Å². The van der Waals surface area contributed by atoms with Gasteiger partial charge in [0.25, 0.3) is 5.91 Å². The van der Waals surface area contributed by atoms with E-state index in [1.807, 2.05) is 27.7 Å². The summed E-state index contributed by atoms with van der Waals surface area (Å²) in [5.41, 5.74) is 0.726. The van der Waals surface area contributed by atoms with E-state index in [1.165, 1.54) is 16.8 Å². The maximum absolute atomic E-state index is 14.3. The first-order valence-electron chi connectivity index (χ1n) is 18.8. The summed E-state index contributed by atoms with van der Waals surface area (Å²) in [6.45, 7) is 12.8. The fourth-order valence-corrected chi connectivity index (χ4v) is 6.86. The minimum absolute atomic E-state index is 0.0216. The van der Waals surface area contributed by atoms with E-state index in [1.54, 1.807) is 52.1 Å². The van der Waals surface area contributed by atoms with Crippen LogP contribution in [0.1, 0.15) is 92.6 Å². The average Bonchev–Trinajstić information content (AvgIpc) is 3.59. The van der Waals surface area contributed by atoms with Gasteiger partial charge in [0, 0.05) is 20.0 Å². The van der Waals surface area contributed by atoms with E-state index in [2.05, 4.69) is 10.6 Å². The molecule has 4 amide bonds. The van der Waals surface area contributed by atoms with Gasteiger partial charge in [-0.15, -0.1) is 0 Å². The summed E-state index contributed by atoms with van der Waals surface area (Å²) in [5, 5.41) is 16.8. The lowest BCUT2D eigenvalue weighted by Gasteiger charge is -2.34. The molecule has 1 aromatic carbocycles. The number of methoxy groups -OCH3 is 1. The van der Waals surface area contributed by atoms with Gasteiger partial charge in [-0.2, -0.15) is 0 Å². The SMILES string of the molecule is CC[C@H](C)[C@H]1NC(=O)C[C@@H](C)OC(=O)[C@H](Cc2ccc(OC)cc2)N(C)C(=O)[C@@H]2CCCN2C(=O)[C@H](CC(C)C)NC(=O)[C@H](C(C)C)OC(=O)C[C@@H]1O. The molecule has 3 rings (SSSR count). The zero-order valence-corrected chi connectivity index (χ0v) is 32.8. The van der Waals surface area contributed by atoms with Gasteiger partial charge in [-0.1, -0.05) is 60.1 Å². The quantitative estimate of drug-likeness (QED) is 0.335. The highest BCUT2D eigenvalue weighted by molar-refractivity contribution is 5.95. The number of esters is 2. The van der Waals surface area contributed by atoms with E-state index in [-0.39, 0.29) is 37.6 Å². The summed E-state index contributed by atoms with van der Waals surface area (Å²) in [6, 6.07) is 3.17. The molecule has 0 aromatic heterocycles. The van der Waals surface area contributed by atoms with Crippen molar-refractivity contribution in [2.75, 3.05) is 20.7 Å². The molecule has 2 saturated heterocycles. The third-order valence-electron chi connectivity index (χ3n) is 10.1. The first kappa shape index (κ1) is 43.2. The van der Waals surface area contributed by atoms with Crippen LogP contribution in [-0.4, -0.2) is 114 Å². The third kappa shape index (κ3) is 11.9. The van der Waals surface area contributed by atoms with E-state index in [0.29, 0.717) is 25.0 Å². The van der Waals surface area contributed by atoms with Crippen LogP contribution in [0, 0.1) is 17.8 Å². The number of nitrogens with one attached hydrogen (secondary N) is 2. The predicted octanol–water partition coefficient (Wildman–Crippen LogP) is 2.77. The van der Waals surface area contributed by atoms with E-state index < -0.39 is 90.4 Å². The first-order chi connectivity index (χ1) is 25.0. The average molecular weight is 745 g/mol. The highest BCUT2D eigenvalue weighted by Gasteiger charge is 2.43. The van der Waals surface area contributed by atoms with E-state index in [9.17, 15) is 33.9 Å². The van der Waals surface area contributed by atoms with Crippen LogP contribution in [0.4, 0.5) is 0 Å². The van der Waals surface area contributed by atoms with Crippen molar-refractivity contribution in [1.82, 2.24) is 20.4 Å². The molecule has 0 bridgehead atoms. The maximum Gasteiger partial charge on any atom is 0.329 e. The van der Waals surface area contributed by atoms with Crippen LogP contribution in [0.15, 0.2) is 24.3 Å². The Hall–Kier alpha value is -4.20. The number of carbonyl (C=O) groups excluding carboxylic acids is 6. The summed E-state index contributed by atoms with van der Waals surface area (Å²) in [4.78, 5) is 85.3. The largest absolute Gasteiger partial charge is 0.497 e. The predicted molar refractivity (Wildman–Crippen MR) is 196 cm³/mol. The summed E-state index contributed by atoms with van der Waals surface area (Å²) < 4.78 is 16.7. The fraction of sp³-hybridized carbons (Fsp3) is 0.692. The number of cyclic esters (lactones) is 2. The van der Waals surface area contributed by atoms with E-state index in [4.69, 9.17) is 14.2 Å². The zero-order valence-electron chi connectivity index (χ0n) is 32.8. The van der Waals surface area contributed by atoms with Gasteiger partial charge in [-0.05, 0) is 61.6 Å². The minimum atomic E-state index is -1.35. The summed E-state index contributed by atoms with van der Waals surface area (Å²) in [5.74, 6) is -3.80. The smallest absolute Gasteiger partial charge is 0.329 e. The molecule has 0 spiro atoms. The Labute approximate surface area is 313 Å². The topological polar surface area (TPSA) is 181 Å². The Morgan fingerprint density at radius 2 is 1.60 bits per heavy atom. The van der Waals surface area contributed by atoms with Crippen LogP contribution < -0.4 is 15.4 Å². The Morgan fingerprint density at radius 1 is 0.943 bits per heavy atom. The summed E-state index contributed by atoms with van der Waals surface area (Å²) in [6.07, 6.45) is -2.48. The number of benzene rings is 1. The van der Waals surface area contributed by atoms with Gasteiger partial charge in [0.05, 0.1) is 32.1 Å². The zero-order chi connectivity index (χ0) is 39.6. The van der Waals surface area contributed by atoms with Crippen LogP contribution in [-0.2, 0) is 44.7 Å². The number of rotatable bonds is 8. The Morgan fingerprint density at radius 3 is 2.19 bits per heavy atom. The lowest BCUT2D eigenvalue weighted by Crippen LogP contribution is -2.57. The molecule has 2 aliphatic rings. The first-order valence-corrected chi connectivity index (χ1v) is 18.8. The molecular weight excluding hydrogens is 684 g/mol. The summed E-state index contributed by atoms with van der Waals surface area (Å²) in [7, 11) is 3.04. The van der Waals surface area contributed by atoms with Gasteiger partial charge < -0.3 is 39.8 Å². The van der Waals surface area contributed by atoms with Crippen molar-refractivity contribution in [2.45, 2.75) is 136 Å². The number of likely N-dealkylation sites (N-methyl/N-ethyl adjacent to an activating group) is 1. The van der Waals surface area contributed by atoms with Crippen molar-refractivity contribution in [2.24, 2.45) is 17.8 Å². The molecule has 296 valence electrons. The third-order valence-corrected chi connectivity index (χ3v) is 10.1. The van der Waals surface area contributed by atoms with Crippen LogP contribution in [0.2, 0.25) is 0 Å². The molecule has 2 heterocycles. The lowest BCUT2D eigenvalue weighted by molar-refractivity contribution is -0.161. The number of amides is 4. The van der Waals surface area contributed by atoms with Gasteiger partial charge in [-0.25, -0.2) is 4.79 Å². The van der Waals surface area contributed by atoms with Crippen molar-refractivity contribution in [3.8, 4) is 5.75 Å². The van der Waals surface area contributed by atoms with Gasteiger partial charge >= 0.3 is 11.9 Å². The maximum atomic E-state index is 14.3. The molecule has 14 nitrogen and oxygen atoms in total. The van der Waals surface area contributed by atoms with Crippen LogP contribution in [0.25, 0.3) is 0 Å². The van der Waals surface area contributed by atoms with Gasteiger partial charge in [-0.3, -0.25) is 24.0 Å². The molecule has 0 aliphatic carbocycles. The van der Waals surface area contributed by atoms with Crippen molar-refractivity contribution in [1.29, 1.82) is 0 Å². The highest BCUT2D eigenvalue weighted by Crippen LogP contribution is 2.25. The molecule has 14 heteroatoms. The molecular formula is C39H60N4O10. The number of ether oxygens (including phenoxy) is 3. The molecule has 0 saturated carbocycles. The van der Waals surface area contributed by atoms with Crippen molar-refractivity contribution in [3.63, 3.8) is 0 Å². The monoisotopic (exact) mass is 744 g/mol. The second-order valence-electron chi connectivity index (χ2n) is 15.3. The van der Waals surface area contributed by atoms with Crippen molar-refractivity contribution >= 4 is 35.6 Å². The second kappa shape index (κ2) is 19.8. The standard InChI is InChI=1S/C39H60N4O10/c1-10-24(6)34-31(44)21-33(46)53-35(23(4)5)36(47)40-28(18-22(2)3)37(48)43-17-11-12-29(43)38(49)42(8)30(20-26-13-15-27(51-9)16-14-26)39(50)52-25(7)19-32(45)41-34/h13-16,22-25,28-31,34-35,44H,10-12,17-21H2,1-9H3,(H,40,47)(H,41,45)/t24-,25+,28-,29-,30-,31-,34+,35-/m0/s1. The van der Waals surface area contributed by atoms with E-state index >= 15 is 0 Å². The normalized spacial score (nSPS) is 28.1. The number of nitrogens with zero attached hydrogens (tertiary/aromatic N) is 2. The lowest BCUT2D eigenvalue weighted by atomic mass is 9.92. The van der Waals surface area contributed by atoms with Gasteiger partial charge in [0.2, 0.25) is 17.7 Å². The Balaban J connectivity index is 2.06.